The van der Waals surface area contributed by atoms with E-state index < -0.39 is 0 Å². The Kier molecular flexibility index (Phi) is 7.47. The van der Waals surface area contributed by atoms with Crippen molar-refractivity contribution in [2.24, 2.45) is 40.4 Å². The summed E-state index contributed by atoms with van der Waals surface area (Å²) in [6, 6.07) is 10.5. The van der Waals surface area contributed by atoms with E-state index in [1.165, 1.54) is 49.7 Å². The molecule has 196 valence electrons. The van der Waals surface area contributed by atoms with E-state index in [1.54, 1.807) is 0 Å². The van der Waals surface area contributed by atoms with Crippen molar-refractivity contribution in [1.82, 2.24) is 0 Å². The van der Waals surface area contributed by atoms with Gasteiger partial charge < -0.3 is 4.74 Å². The van der Waals surface area contributed by atoms with Gasteiger partial charge in [0.1, 0.15) is 0 Å². The molecule has 1 aromatic rings. The third-order valence-electron chi connectivity index (χ3n) is 11.2. The van der Waals surface area contributed by atoms with Crippen molar-refractivity contribution in [3.63, 3.8) is 0 Å². The second-order valence-electron chi connectivity index (χ2n) is 12.6. The fourth-order valence-electron chi connectivity index (χ4n) is 9.29. The Hall–Kier alpha value is -1.55. The van der Waals surface area contributed by atoms with Crippen LogP contribution in [0.15, 0.2) is 46.4 Å². The number of methoxy groups -OCH3 is 1. The van der Waals surface area contributed by atoms with Crippen LogP contribution in [0.2, 0.25) is 0 Å². The van der Waals surface area contributed by atoms with Crippen LogP contribution in [0.3, 0.4) is 0 Å². The molecule has 0 heterocycles. The van der Waals surface area contributed by atoms with Crippen LogP contribution in [0.5, 0.6) is 0 Å². The molecule has 0 unspecified atom stereocenters. The predicted octanol–water partition coefficient (Wildman–Crippen LogP) is 7.89. The van der Waals surface area contributed by atoms with Crippen LogP contribution < -0.4 is 0 Å². The number of esters is 1. The van der Waals surface area contributed by atoms with Gasteiger partial charge in [0.15, 0.2) is 5.78 Å². The Labute approximate surface area is 222 Å². The van der Waals surface area contributed by atoms with Gasteiger partial charge >= 0.3 is 5.97 Å². The number of fused-ring (bicyclic) bond motifs is 5. The summed E-state index contributed by atoms with van der Waals surface area (Å²) in [4.78, 5) is 26.2. The number of carbonyl (C=O) groups is 2. The molecule has 0 radical (unpaired) electrons. The zero-order valence-corrected chi connectivity index (χ0v) is 23.5. The van der Waals surface area contributed by atoms with E-state index in [-0.39, 0.29) is 11.4 Å². The summed E-state index contributed by atoms with van der Waals surface area (Å²) in [6.07, 6.45) is 10.9. The molecule has 36 heavy (non-hydrogen) atoms. The molecule has 0 aliphatic heterocycles. The minimum Gasteiger partial charge on any atom is -0.469 e. The van der Waals surface area contributed by atoms with Crippen LogP contribution in [-0.4, -0.2) is 24.6 Å². The number of hydrogen-bond donors (Lipinski definition) is 0. The first-order chi connectivity index (χ1) is 17.3. The van der Waals surface area contributed by atoms with Crippen molar-refractivity contribution < 1.29 is 14.3 Å². The quantitative estimate of drug-likeness (QED) is 0.277. The fraction of sp³-hybridized carbons (Fsp3) is 0.688. The molecule has 5 rings (SSSR count). The maximum Gasteiger partial charge on any atom is 0.305 e. The summed E-state index contributed by atoms with van der Waals surface area (Å²) in [5.74, 6) is 4.73. The molecule has 4 aliphatic rings. The molecule has 3 saturated carbocycles. The van der Waals surface area contributed by atoms with Crippen molar-refractivity contribution in [2.75, 3.05) is 12.9 Å². The highest BCUT2D eigenvalue weighted by Gasteiger charge is 2.59. The number of rotatable bonds is 7. The molecule has 0 amide bonds. The van der Waals surface area contributed by atoms with Gasteiger partial charge in [0.05, 0.1) is 7.11 Å². The van der Waals surface area contributed by atoms with Gasteiger partial charge in [-0.1, -0.05) is 44.5 Å². The van der Waals surface area contributed by atoms with E-state index in [0.29, 0.717) is 35.4 Å². The molecule has 1 aromatic carbocycles. The molecule has 0 spiro atoms. The number of Topliss-reactive ketones (excluding diaryl/α,β-unsaturated/α-hetero) is 1. The lowest BCUT2D eigenvalue weighted by Crippen LogP contribution is -2.51. The van der Waals surface area contributed by atoms with Crippen molar-refractivity contribution in [1.29, 1.82) is 0 Å². The van der Waals surface area contributed by atoms with Crippen molar-refractivity contribution >= 4 is 23.5 Å². The molecule has 0 saturated heterocycles. The molecule has 3 fully saturated rings. The Morgan fingerprint density at radius 1 is 1.06 bits per heavy atom. The minimum atomic E-state index is -0.0714. The SMILES string of the molecule is COC(=O)CC[C@@H](C)[C@H]1CC[C@H]2[C@@H]3CCC4=C(CSc5ccccc5)C(=O)CC[C@]4(C)[C@H]3CC[C@]12C. The van der Waals surface area contributed by atoms with Crippen LogP contribution in [0, 0.1) is 40.4 Å². The van der Waals surface area contributed by atoms with E-state index in [0.717, 1.165) is 48.8 Å². The molecular weight excluding hydrogens is 464 g/mol. The number of ether oxygens (including phenoxy) is 1. The van der Waals surface area contributed by atoms with Gasteiger partial charge in [0.25, 0.3) is 0 Å². The van der Waals surface area contributed by atoms with Crippen molar-refractivity contribution in [3.8, 4) is 0 Å². The number of hydrogen-bond acceptors (Lipinski definition) is 4. The molecule has 0 N–H and O–H groups in total. The lowest BCUT2D eigenvalue weighted by atomic mass is 9.46. The lowest BCUT2D eigenvalue weighted by Gasteiger charge is -2.59. The number of ketones is 1. The molecule has 4 heteroatoms. The van der Waals surface area contributed by atoms with Gasteiger partial charge in [-0.2, -0.15) is 0 Å². The zero-order chi connectivity index (χ0) is 25.5. The van der Waals surface area contributed by atoms with Crippen LogP contribution in [-0.2, 0) is 14.3 Å². The second-order valence-corrected chi connectivity index (χ2v) is 13.7. The highest BCUT2D eigenvalue weighted by molar-refractivity contribution is 7.99. The minimum absolute atomic E-state index is 0.0714. The van der Waals surface area contributed by atoms with Crippen LogP contribution >= 0.6 is 11.8 Å². The Bertz CT molecular complexity index is 1020. The van der Waals surface area contributed by atoms with Crippen molar-refractivity contribution in [2.45, 2.75) is 89.9 Å². The molecule has 3 nitrogen and oxygen atoms in total. The third-order valence-corrected chi connectivity index (χ3v) is 12.2. The van der Waals surface area contributed by atoms with Gasteiger partial charge in [-0.15, -0.1) is 11.8 Å². The van der Waals surface area contributed by atoms with Crippen LogP contribution in [0.25, 0.3) is 0 Å². The summed E-state index contributed by atoms with van der Waals surface area (Å²) >= 11 is 1.83. The summed E-state index contributed by atoms with van der Waals surface area (Å²) in [6.45, 7) is 7.48. The number of benzene rings is 1. The van der Waals surface area contributed by atoms with Gasteiger partial charge in [-0.25, -0.2) is 0 Å². The Balaban J connectivity index is 1.34. The van der Waals surface area contributed by atoms with Crippen LogP contribution in [0.1, 0.15) is 85.0 Å². The Morgan fingerprint density at radius 3 is 2.58 bits per heavy atom. The van der Waals surface area contributed by atoms with Crippen molar-refractivity contribution in [3.05, 3.63) is 41.5 Å². The highest BCUT2D eigenvalue weighted by Crippen LogP contribution is 2.68. The van der Waals surface area contributed by atoms with Gasteiger partial charge in [0.2, 0.25) is 0 Å². The summed E-state index contributed by atoms with van der Waals surface area (Å²) in [5, 5.41) is 0. The zero-order valence-electron chi connectivity index (χ0n) is 22.7. The van der Waals surface area contributed by atoms with E-state index in [4.69, 9.17) is 4.74 Å². The van der Waals surface area contributed by atoms with Gasteiger partial charge in [-0.05, 0) is 104 Å². The Morgan fingerprint density at radius 2 is 1.83 bits per heavy atom. The second kappa shape index (κ2) is 10.3. The maximum absolute atomic E-state index is 13.2. The largest absolute Gasteiger partial charge is 0.469 e. The van der Waals surface area contributed by atoms with E-state index in [9.17, 15) is 9.59 Å². The number of thioether (sulfide) groups is 1. The topological polar surface area (TPSA) is 43.4 Å². The number of allylic oxidation sites excluding steroid dienone is 1. The van der Waals surface area contributed by atoms with E-state index in [1.807, 2.05) is 11.8 Å². The molecule has 7 atom stereocenters. The number of carbonyl (C=O) groups excluding carboxylic acids is 2. The standard InChI is InChI=1S/C32H44O3S/c1-21(10-15-30(34)35-4)25-13-14-26-23-11-12-27-24(20-36-22-8-6-5-7-9-22)29(33)17-19-32(27,3)28(23)16-18-31(25,26)2/h5-9,21,23,25-26,28H,10-20H2,1-4H3/t21-,23+,25-,26+,28+,31-,32+/m1/s1. The average molecular weight is 509 g/mol. The first-order valence-corrected chi connectivity index (χ1v) is 15.3. The highest BCUT2D eigenvalue weighted by atomic mass is 32.2. The summed E-state index contributed by atoms with van der Waals surface area (Å²) < 4.78 is 4.92. The monoisotopic (exact) mass is 508 g/mol. The summed E-state index contributed by atoms with van der Waals surface area (Å²) in [5.41, 5.74) is 3.27. The lowest BCUT2D eigenvalue weighted by molar-refractivity contribution is -0.141. The first-order valence-electron chi connectivity index (χ1n) is 14.3. The fourth-order valence-corrected chi connectivity index (χ4v) is 10.3. The smallest absolute Gasteiger partial charge is 0.305 e. The normalized spacial score (nSPS) is 36.6. The average Bonchev–Trinajstić information content (AvgIpc) is 3.24. The van der Waals surface area contributed by atoms with E-state index >= 15 is 0 Å². The maximum atomic E-state index is 13.2. The van der Waals surface area contributed by atoms with Gasteiger partial charge in [0, 0.05) is 29.1 Å². The van der Waals surface area contributed by atoms with Crippen LogP contribution in [0.4, 0.5) is 0 Å². The molecular formula is C32H44O3S. The van der Waals surface area contributed by atoms with E-state index in [2.05, 4.69) is 51.1 Å². The summed E-state index contributed by atoms with van der Waals surface area (Å²) in [7, 11) is 1.50. The van der Waals surface area contributed by atoms with Gasteiger partial charge in [-0.3, -0.25) is 9.59 Å². The molecule has 0 bridgehead atoms. The predicted molar refractivity (Wildman–Crippen MR) is 147 cm³/mol. The molecule has 0 aromatic heterocycles. The third kappa shape index (κ3) is 4.50. The first kappa shape index (κ1) is 26.1. The molecule has 4 aliphatic carbocycles.